The van der Waals surface area contributed by atoms with Gasteiger partial charge in [-0.3, -0.25) is 19.2 Å². The molecule has 3 aliphatic carbocycles. The van der Waals surface area contributed by atoms with Gasteiger partial charge < -0.3 is 30.9 Å². The number of urea groups is 1. The summed E-state index contributed by atoms with van der Waals surface area (Å²) in [6, 6.07) is -0.151. The fourth-order valence-corrected chi connectivity index (χ4v) is 7.07. The molecule has 1 saturated heterocycles. The van der Waals surface area contributed by atoms with E-state index in [9.17, 15) is 29.1 Å². The van der Waals surface area contributed by atoms with Crippen molar-refractivity contribution < 1.29 is 29.1 Å². The number of carbonyl (C=O) groups excluding carboxylic acids is 4. The molecule has 4 fully saturated rings. The molecule has 1 aliphatic heterocycles. The van der Waals surface area contributed by atoms with Crippen LogP contribution in [-0.4, -0.2) is 88.9 Å². The SMILES string of the molecule is CC1CCCCC1NC(=O)NC1CCC(CC(=O)NC2CCC3C(C2)C(=O)N(CC(=O)O)CC(=O)N3C)CC1. The van der Waals surface area contributed by atoms with E-state index in [1.54, 1.807) is 11.9 Å². The lowest BCUT2D eigenvalue weighted by atomic mass is 9.80. The maximum absolute atomic E-state index is 13.1. The molecule has 11 heteroatoms. The third-order valence-corrected chi connectivity index (χ3v) is 9.43. The van der Waals surface area contributed by atoms with Crippen LogP contribution >= 0.6 is 0 Å². The number of fused-ring (bicyclic) bond motifs is 1. The molecule has 39 heavy (non-hydrogen) atoms. The number of likely N-dealkylation sites (N-methyl/N-ethyl adjacent to an activating group) is 1. The van der Waals surface area contributed by atoms with Gasteiger partial charge in [0.05, 0.1) is 5.92 Å². The molecule has 0 bridgehead atoms. The van der Waals surface area contributed by atoms with Gasteiger partial charge in [-0.2, -0.15) is 0 Å². The van der Waals surface area contributed by atoms with E-state index in [-0.39, 0.29) is 60.4 Å². The highest BCUT2D eigenvalue weighted by atomic mass is 16.4. The summed E-state index contributed by atoms with van der Waals surface area (Å²) in [6.45, 7) is 1.47. The summed E-state index contributed by atoms with van der Waals surface area (Å²) in [5.41, 5.74) is 0. The minimum atomic E-state index is -1.15. The highest BCUT2D eigenvalue weighted by Gasteiger charge is 2.44. The average Bonchev–Trinajstić information content (AvgIpc) is 2.97. The minimum Gasteiger partial charge on any atom is -0.480 e. The summed E-state index contributed by atoms with van der Waals surface area (Å²) in [7, 11) is 1.67. The highest BCUT2D eigenvalue weighted by molar-refractivity contribution is 5.91. The summed E-state index contributed by atoms with van der Waals surface area (Å²) < 4.78 is 0. The van der Waals surface area contributed by atoms with E-state index in [2.05, 4.69) is 22.9 Å². The molecule has 0 aromatic rings. The van der Waals surface area contributed by atoms with Gasteiger partial charge in [-0.1, -0.05) is 19.8 Å². The van der Waals surface area contributed by atoms with Gasteiger partial charge in [0.2, 0.25) is 17.7 Å². The second-order valence-electron chi connectivity index (χ2n) is 12.3. The van der Waals surface area contributed by atoms with Crippen LogP contribution in [0.1, 0.15) is 84.0 Å². The van der Waals surface area contributed by atoms with Crippen LogP contribution in [0.25, 0.3) is 0 Å². The molecular formula is C28H45N5O6. The monoisotopic (exact) mass is 547 g/mol. The van der Waals surface area contributed by atoms with E-state index < -0.39 is 18.4 Å². The summed E-state index contributed by atoms with van der Waals surface area (Å²) in [5, 5.41) is 18.6. The molecule has 0 aromatic heterocycles. The van der Waals surface area contributed by atoms with Crippen molar-refractivity contribution >= 4 is 29.7 Å². The molecule has 11 nitrogen and oxygen atoms in total. The number of aliphatic carboxylic acids is 1. The smallest absolute Gasteiger partial charge is 0.323 e. The van der Waals surface area contributed by atoms with E-state index in [1.807, 2.05) is 0 Å². The van der Waals surface area contributed by atoms with E-state index in [4.69, 9.17) is 0 Å². The van der Waals surface area contributed by atoms with Crippen molar-refractivity contribution in [3.05, 3.63) is 0 Å². The number of rotatable bonds is 7. The number of amides is 5. The Morgan fingerprint density at radius 3 is 2.28 bits per heavy atom. The molecule has 1 heterocycles. The normalized spacial score (nSPS) is 33.5. The first-order valence-corrected chi connectivity index (χ1v) is 14.7. The zero-order valence-corrected chi connectivity index (χ0v) is 23.3. The number of hydrogen-bond donors (Lipinski definition) is 4. The Balaban J connectivity index is 1.21. The zero-order chi connectivity index (χ0) is 28.1. The fraction of sp³-hybridized carbons (Fsp3) is 0.821. The van der Waals surface area contributed by atoms with Gasteiger partial charge in [0, 0.05) is 37.6 Å². The van der Waals surface area contributed by atoms with Crippen LogP contribution in [0.2, 0.25) is 0 Å². The van der Waals surface area contributed by atoms with Crippen LogP contribution in [0.15, 0.2) is 0 Å². The molecule has 4 aliphatic rings. The molecule has 4 N–H and O–H groups in total. The Morgan fingerprint density at radius 2 is 1.59 bits per heavy atom. The molecule has 5 unspecified atom stereocenters. The summed E-state index contributed by atoms with van der Waals surface area (Å²) in [6.07, 6.45) is 10.1. The van der Waals surface area contributed by atoms with Gasteiger partial charge in [-0.25, -0.2) is 4.79 Å². The Hall–Kier alpha value is -2.85. The van der Waals surface area contributed by atoms with E-state index in [1.165, 1.54) is 12.8 Å². The first-order chi connectivity index (χ1) is 18.6. The lowest BCUT2D eigenvalue weighted by molar-refractivity contribution is -0.147. The largest absolute Gasteiger partial charge is 0.480 e. The molecular weight excluding hydrogens is 502 g/mol. The maximum Gasteiger partial charge on any atom is 0.323 e. The number of nitrogens with zero attached hydrogens (tertiary/aromatic N) is 2. The number of nitrogens with one attached hydrogen (secondary N) is 3. The maximum atomic E-state index is 13.1. The standard InChI is InChI=1S/C28H45N5O6/c1-17-5-3-4-6-22(17)31-28(39)30-19-9-7-18(8-10-19)13-24(34)29-20-11-12-23-21(14-20)27(38)33(16-26(36)37)15-25(35)32(23)2/h17-23H,3-16H2,1-2H3,(H,29,34)(H,36,37)(H2,30,31,39). The summed E-state index contributed by atoms with van der Waals surface area (Å²) in [4.78, 5) is 65.0. The van der Waals surface area contributed by atoms with E-state index >= 15 is 0 Å². The topological polar surface area (TPSA) is 148 Å². The Kier molecular flexibility index (Phi) is 9.71. The van der Waals surface area contributed by atoms with E-state index in [0.717, 1.165) is 43.4 Å². The van der Waals surface area contributed by atoms with E-state index in [0.29, 0.717) is 31.6 Å². The summed E-state index contributed by atoms with van der Waals surface area (Å²) in [5.74, 6) is -1.52. The second kappa shape index (κ2) is 13.0. The van der Waals surface area contributed by atoms with Gasteiger partial charge in [0.1, 0.15) is 13.1 Å². The van der Waals surface area contributed by atoms with Crippen molar-refractivity contribution in [3.8, 4) is 0 Å². The van der Waals surface area contributed by atoms with Crippen LogP contribution in [0, 0.1) is 17.8 Å². The first kappa shape index (κ1) is 29.1. The molecule has 0 radical (unpaired) electrons. The van der Waals surface area contributed by atoms with Crippen LogP contribution in [-0.2, 0) is 19.2 Å². The van der Waals surface area contributed by atoms with Crippen molar-refractivity contribution in [1.82, 2.24) is 25.8 Å². The van der Waals surface area contributed by atoms with Gasteiger partial charge in [0.15, 0.2) is 0 Å². The van der Waals surface area contributed by atoms with Gasteiger partial charge in [0.25, 0.3) is 0 Å². The molecule has 0 aromatic carbocycles. The van der Waals surface area contributed by atoms with Crippen molar-refractivity contribution in [2.75, 3.05) is 20.1 Å². The van der Waals surface area contributed by atoms with Crippen LogP contribution in [0.5, 0.6) is 0 Å². The van der Waals surface area contributed by atoms with Crippen LogP contribution < -0.4 is 16.0 Å². The Morgan fingerprint density at radius 1 is 0.897 bits per heavy atom. The van der Waals surface area contributed by atoms with Gasteiger partial charge in [-0.05, 0) is 69.6 Å². The zero-order valence-electron chi connectivity index (χ0n) is 23.3. The second-order valence-corrected chi connectivity index (χ2v) is 12.3. The first-order valence-electron chi connectivity index (χ1n) is 14.7. The van der Waals surface area contributed by atoms with Crippen molar-refractivity contribution in [3.63, 3.8) is 0 Å². The lowest BCUT2D eigenvalue weighted by Crippen LogP contribution is -2.51. The molecule has 5 atom stereocenters. The number of carboxylic acids is 1. The number of hydrogen-bond acceptors (Lipinski definition) is 5. The number of carboxylic acid groups (broad SMARTS) is 1. The predicted molar refractivity (Wildman–Crippen MR) is 143 cm³/mol. The highest BCUT2D eigenvalue weighted by Crippen LogP contribution is 2.33. The van der Waals surface area contributed by atoms with Crippen molar-refractivity contribution in [2.24, 2.45) is 17.8 Å². The summed E-state index contributed by atoms with van der Waals surface area (Å²) >= 11 is 0. The average molecular weight is 548 g/mol. The fourth-order valence-electron chi connectivity index (χ4n) is 7.07. The molecule has 5 amide bonds. The third-order valence-electron chi connectivity index (χ3n) is 9.43. The molecule has 3 saturated carbocycles. The predicted octanol–water partition coefficient (Wildman–Crippen LogP) is 1.85. The van der Waals surface area contributed by atoms with Crippen molar-refractivity contribution in [1.29, 1.82) is 0 Å². The van der Waals surface area contributed by atoms with Gasteiger partial charge in [-0.15, -0.1) is 0 Å². The number of carbonyl (C=O) groups is 5. The van der Waals surface area contributed by atoms with Crippen LogP contribution in [0.3, 0.4) is 0 Å². The molecule has 4 rings (SSSR count). The quantitative estimate of drug-likeness (QED) is 0.382. The van der Waals surface area contributed by atoms with Gasteiger partial charge >= 0.3 is 12.0 Å². The molecule has 0 spiro atoms. The lowest BCUT2D eigenvalue weighted by Gasteiger charge is -2.39. The van der Waals surface area contributed by atoms with Crippen molar-refractivity contribution in [2.45, 2.75) is 108 Å². The Bertz CT molecular complexity index is 935. The minimum absolute atomic E-state index is 0.0354. The third kappa shape index (κ3) is 7.63. The Labute approximate surface area is 230 Å². The molecule has 218 valence electrons. The van der Waals surface area contributed by atoms with Crippen LogP contribution in [0.4, 0.5) is 4.79 Å².